The molecule has 1 N–H and O–H groups in total. The largest absolute Gasteiger partial charge is 0.341 e. The van der Waals surface area contributed by atoms with Crippen LogP contribution >= 0.6 is 23.2 Å². The lowest BCUT2D eigenvalue weighted by atomic mass is 9.91. The number of anilines is 1. The Hall–Kier alpha value is -1.30. The number of halogens is 2. The Bertz CT molecular complexity index is 638. The fourth-order valence-electron chi connectivity index (χ4n) is 3.46. The van der Waals surface area contributed by atoms with Gasteiger partial charge in [-0.2, -0.15) is 0 Å². The van der Waals surface area contributed by atoms with E-state index in [1.165, 1.54) is 0 Å². The summed E-state index contributed by atoms with van der Waals surface area (Å²) in [5.41, 5.74) is 0.395. The predicted octanol–water partition coefficient (Wildman–Crippen LogP) is 3.76. The van der Waals surface area contributed by atoms with E-state index in [0.717, 1.165) is 19.5 Å². The van der Waals surface area contributed by atoms with Gasteiger partial charge in [0.15, 0.2) is 0 Å². The van der Waals surface area contributed by atoms with Crippen molar-refractivity contribution in [3.05, 3.63) is 28.2 Å². The minimum Gasteiger partial charge on any atom is -0.341 e. The standard InChI is InChI=1S/C19H27Cl2N3O2/c1-12-8-13(2)10-24(9-12)19(26)14(3)23(4)11-17(25)22-18-15(20)6-5-7-16(18)21/h5-7,12-14H,8-11H2,1-4H3,(H,22,25)/t12-,13-,14-/m1/s1. The van der Waals surface area contributed by atoms with Crippen molar-refractivity contribution in [1.29, 1.82) is 0 Å². The van der Waals surface area contributed by atoms with Gasteiger partial charge in [-0.05, 0) is 44.4 Å². The maximum Gasteiger partial charge on any atom is 0.239 e. The van der Waals surface area contributed by atoms with Gasteiger partial charge in [-0.1, -0.05) is 43.1 Å². The van der Waals surface area contributed by atoms with Crippen molar-refractivity contribution in [2.45, 2.75) is 33.2 Å². The minimum absolute atomic E-state index is 0.0643. The van der Waals surface area contributed by atoms with Crippen LogP contribution < -0.4 is 5.32 Å². The average molecular weight is 400 g/mol. The number of likely N-dealkylation sites (N-methyl/N-ethyl adjacent to an activating group) is 1. The number of hydrogen-bond acceptors (Lipinski definition) is 3. The van der Waals surface area contributed by atoms with E-state index in [9.17, 15) is 9.59 Å². The van der Waals surface area contributed by atoms with Crippen molar-refractivity contribution >= 4 is 40.7 Å². The van der Waals surface area contributed by atoms with Gasteiger partial charge in [0.25, 0.3) is 0 Å². The average Bonchev–Trinajstić information content (AvgIpc) is 2.56. The molecule has 1 saturated heterocycles. The molecule has 0 aliphatic carbocycles. The zero-order chi connectivity index (χ0) is 19.4. The molecular formula is C19H27Cl2N3O2. The Kier molecular flexibility index (Phi) is 7.33. The van der Waals surface area contributed by atoms with E-state index in [4.69, 9.17) is 23.2 Å². The molecule has 1 aromatic carbocycles. The Labute approximate surface area is 165 Å². The molecule has 2 rings (SSSR count). The molecule has 144 valence electrons. The van der Waals surface area contributed by atoms with Crippen molar-refractivity contribution in [3.8, 4) is 0 Å². The first-order valence-electron chi connectivity index (χ1n) is 8.92. The second-order valence-corrected chi connectivity index (χ2v) is 8.24. The summed E-state index contributed by atoms with van der Waals surface area (Å²) < 4.78 is 0. The van der Waals surface area contributed by atoms with E-state index in [2.05, 4.69) is 19.2 Å². The number of nitrogens with zero attached hydrogens (tertiary/aromatic N) is 2. The van der Waals surface area contributed by atoms with Gasteiger partial charge in [0.2, 0.25) is 11.8 Å². The smallest absolute Gasteiger partial charge is 0.239 e. The third kappa shape index (κ3) is 5.35. The summed E-state index contributed by atoms with van der Waals surface area (Å²) in [6, 6.07) is 4.67. The minimum atomic E-state index is -0.375. The molecule has 7 heteroatoms. The van der Waals surface area contributed by atoms with Crippen LogP contribution in [0.2, 0.25) is 10.0 Å². The molecule has 0 unspecified atom stereocenters. The van der Waals surface area contributed by atoms with Crippen LogP contribution in [0.5, 0.6) is 0 Å². The zero-order valence-electron chi connectivity index (χ0n) is 15.8. The van der Waals surface area contributed by atoms with Crippen LogP contribution in [0.4, 0.5) is 5.69 Å². The first kappa shape index (κ1) is 21.0. The van der Waals surface area contributed by atoms with E-state index in [0.29, 0.717) is 27.6 Å². The number of likely N-dealkylation sites (tertiary alicyclic amines) is 1. The lowest BCUT2D eigenvalue weighted by Crippen LogP contribution is -2.51. The first-order chi connectivity index (χ1) is 12.2. The van der Waals surface area contributed by atoms with Gasteiger partial charge < -0.3 is 10.2 Å². The highest BCUT2D eigenvalue weighted by Gasteiger charge is 2.30. The number of carbonyl (C=O) groups is 2. The van der Waals surface area contributed by atoms with Crippen LogP contribution in [-0.4, -0.2) is 54.3 Å². The summed E-state index contributed by atoms with van der Waals surface area (Å²) in [6.07, 6.45) is 1.15. The zero-order valence-corrected chi connectivity index (χ0v) is 17.3. The molecule has 3 atom stereocenters. The van der Waals surface area contributed by atoms with Crippen LogP contribution in [-0.2, 0) is 9.59 Å². The molecule has 1 fully saturated rings. The number of rotatable bonds is 5. The molecule has 0 aromatic heterocycles. The quantitative estimate of drug-likeness (QED) is 0.819. The number of carbonyl (C=O) groups excluding carboxylic acids is 2. The molecule has 26 heavy (non-hydrogen) atoms. The second kappa shape index (κ2) is 9.07. The highest BCUT2D eigenvalue weighted by atomic mass is 35.5. The molecule has 2 amide bonds. The van der Waals surface area contributed by atoms with E-state index < -0.39 is 0 Å². The highest BCUT2D eigenvalue weighted by molar-refractivity contribution is 6.39. The summed E-state index contributed by atoms with van der Waals surface area (Å²) >= 11 is 12.2. The van der Waals surface area contributed by atoms with Gasteiger partial charge in [0.05, 0.1) is 28.3 Å². The lowest BCUT2D eigenvalue weighted by molar-refractivity contribution is -0.139. The predicted molar refractivity (Wildman–Crippen MR) is 107 cm³/mol. The fourth-order valence-corrected chi connectivity index (χ4v) is 3.95. The van der Waals surface area contributed by atoms with Gasteiger partial charge in [0.1, 0.15) is 0 Å². The SMILES string of the molecule is C[C@@H]1C[C@@H](C)CN(C(=O)[C@@H](C)N(C)CC(=O)Nc2c(Cl)cccc2Cl)C1. The molecule has 5 nitrogen and oxygen atoms in total. The topological polar surface area (TPSA) is 52.7 Å². The molecule has 1 heterocycles. The van der Waals surface area contributed by atoms with Crippen molar-refractivity contribution in [2.24, 2.45) is 11.8 Å². The van der Waals surface area contributed by atoms with Crippen LogP contribution in [0.3, 0.4) is 0 Å². The Morgan fingerprint density at radius 1 is 1.23 bits per heavy atom. The number of hydrogen-bond donors (Lipinski definition) is 1. The van der Waals surface area contributed by atoms with Crippen LogP contribution in [0, 0.1) is 11.8 Å². The maximum atomic E-state index is 12.8. The van der Waals surface area contributed by atoms with Crippen molar-refractivity contribution in [1.82, 2.24) is 9.80 Å². The summed E-state index contributed by atoms with van der Waals surface area (Å²) in [6.45, 7) is 7.82. The first-order valence-corrected chi connectivity index (χ1v) is 9.67. The summed E-state index contributed by atoms with van der Waals surface area (Å²) in [7, 11) is 1.77. The van der Waals surface area contributed by atoms with Crippen LogP contribution in [0.1, 0.15) is 27.2 Å². The van der Waals surface area contributed by atoms with E-state index >= 15 is 0 Å². The third-order valence-corrected chi connectivity index (χ3v) is 5.45. The molecular weight excluding hydrogens is 373 g/mol. The van der Waals surface area contributed by atoms with Crippen LogP contribution in [0.15, 0.2) is 18.2 Å². The van der Waals surface area contributed by atoms with E-state index in [-0.39, 0.29) is 24.4 Å². The third-order valence-electron chi connectivity index (χ3n) is 4.82. The highest BCUT2D eigenvalue weighted by Crippen LogP contribution is 2.29. The molecule has 0 bridgehead atoms. The van der Waals surface area contributed by atoms with Gasteiger partial charge >= 0.3 is 0 Å². The van der Waals surface area contributed by atoms with Gasteiger partial charge in [0, 0.05) is 13.1 Å². The van der Waals surface area contributed by atoms with Crippen molar-refractivity contribution < 1.29 is 9.59 Å². The molecule has 0 saturated carbocycles. The van der Waals surface area contributed by atoms with Gasteiger partial charge in [-0.25, -0.2) is 0 Å². The summed E-state index contributed by atoms with van der Waals surface area (Å²) in [4.78, 5) is 28.8. The molecule has 1 aliphatic heterocycles. The number of nitrogens with one attached hydrogen (secondary N) is 1. The monoisotopic (exact) mass is 399 g/mol. The number of benzene rings is 1. The number of amides is 2. The normalized spacial score (nSPS) is 21.6. The van der Waals surface area contributed by atoms with Gasteiger partial charge in [-0.3, -0.25) is 14.5 Å². The van der Waals surface area contributed by atoms with E-state index in [1.54, 1.807) is 30.1 Å². The lowest BCUT2D eigenvalue weighted by Gasteiger charge is -2.38. The molecule has 0 spiro atoms. The van der Waals surface area contributed by atoms with Crippen molar-refractivity contribution in [2.75, 3.05) is 32.0 Å². The second-order valence-electron chi connectivity index (χ2n) is 7.43. The van der Waals surface area contributed by atoms with E-state index in [1.807, 2.05) is 11.8 Å². The molecule has 0 radical (unpaired) electrons. The number of piperidine rings is 1. The Balaban J connectivity index is 1.94. The molecule has 1 aromatic rings. The summed E-state index contributed by atoms with van der Waals surface area (Å²) in [5.74, 6) is 0.814. The maximum absolute atomic E-state index is 12.8. The Morgan fingerprint density at radius 3 is 2.31 bits per heavy atom. The van der Waals surface area contributed by atoms with Crippen LogP contribution in [0.25, 0.3) is 0 Å². The van der Waals surface area contributed by atoms with Crippen molar-refractivity contribution in [3.63, 3.8) is 0 Å². The fraction of sp³-hybridized carbons (Fsp3) is 0.579. The number of para-hydroxylation sites is 1. The molecule has 1 aliphatic rings. The summed E-state index contributed by atoms with van der Waals surface area (Å²) in [5, 5.41) is 3.49. The van der Waals surface area contributed by atoms with Gasteiger partial charge in [-0.15, -0.1) is 0 Å². The Morgan fingerprint density at radius 2 is 1.77 bits per heavy atom.